The molecule has 1 saturated heterocycles. The van der Waals surface area contributed by atoms with Crippen LogP contribution in [-0.2, 0) is 14.0 Å². The minimum Gasteiger partial charge on any atom is -0.387 e. The van der Waals surface area contributed by atoms with Crippen LogP contribution in [0.25, 0.3) is 11.2 Å². The number of anilines is 1. The fourth-order valence-corrected chi connectivity index (χ4v) is 4.33. The molecule has 5 N–H and O–H groups in total. The van der Waals surface area contributed by atoms with Gasteiger partial charge in [0.15, 0.2) is 23.2 Å². The first-order chi connectivity index (χ1) is 14.2. The second-order valence-electron chi connectivity index (χ2n) is 7.50. The second kappa shape index (κ2) is 8.64. The predicted molar refractivity (Wildman–Crippen MR) is 105 cm³/mol. The lowest BCUT2D eigenvalue weighted by Crippen LogP contribution is -2.33. The molecule has 0 aromatic carbocycles. The predicted octanol–water partition coefficient (Wildman–Crippen LogP) is 0.605. The Kier molecular flexibility index (Phi) is 6.29. The maximum Gasteiger partial charge on any atom is 0.350 e. The summed E-state index contributed by atoms with van der Waals surface area (Å²) in [5.74, 6) is 0.491. The Balaban J connectivity index is 1.55. The van der Waals surface area contributed by atoms with Gasteiger partial charge in [-0.1, -0.05) is 12.8 Å². The van der Waals surface area contributed by atoms with Gasteiger partial charge in [-0.2, -0.15) is 9.97 Å². The Labute approximate surface area is 176 Å². The molecule has 3 heterocycles. The summed E-state index contributed by atoms with van der Waals surface area (Å²) in [7, 11) is -4.35. The number of aliphatic hydroxyl groups is 2. The summed E-state index contributed by atoms with van der Waals surface area (Å²) in [6.07, 6.45) is 0.208. The number of fused-ring (bicyclic) bond motifs is 1. The van der Waals surface area contributed by atoms with Crippen molar-refractivity contribution in [1.82, 2.24) is 19.5 Å². The van der Waals surface area contributed by atoms with Crippen molar-refractivity contribution in [3.8, 4) is 0 Å². The molecule has 0 spiro atoms. The zero-order valence-electron chi connectivity index (χ0n) is 15.8. The monoisotopic (exact) mass is 463 g/mol. The molecule has 0 radical (unpaired) electrons. The third-order valence-corrected chi connectivity index (χ3v) is 5.93. The molecule has 2 fully saturated rings. The van der Waals surface area contributed by atoms with Crippen molar-refractivity contribution in [3.05, 3.63) is 11.6 Å². The average Bonchev–Trinajstić information content (AvgIpc) is 3.37. The first-order valence-corrected chi connectivity index (χ1v) is 11.7. The van der Waals surface area contributed by atoms with Gasteiger partial charge in [-0.25, -0.2) is 4.98 Å². The Bertz CT molecular complexity index is 949. The number of nitrogens with one attached hydrogen (secondary N) is 1. The van der Waals surface area contributed by atoms with Crippen molar-refractivity contribution in [2.75, 3.05) is 18.3 Å². The number of nitrogens with zero attached hydrogens (tertiary/aromatic N) is 4. The molecule has 14 heteroatoms. The molecule has 1 aliphatic heterocycles. The van der Waals surface area contributed by atoms with Crippen LogP contribution < -0.4 is 5.32 Å². The van der Waals surface area contributed by atoms with Gasteiger partial charge in [0.25, 0.3) is 0 Å². The average molecular weight is 464 g/mol. The van der Waals surface area contributed by atoms with Crippen LogP contribution in [0, 0.1) is 0 Å². The van der Waals surface area contributed by atoms with Gasteiger partial charge >= 0.3 is 7.60 Å². The third-order valence-electron chi connectivity index (χ3n) is 5.24. The van der Waals surface area contributed by atoms with Crippen LogP contribution in [0.4, 0.5) is 5.82 Å². The molecule has 30 heavy (non-hydrogen) atoms. The van der Waals surface area contributed by atoms with Crippen LogP contribution in [0.5, 0.6) is 0 Å². The standard InChI is InChI=1S/C16H23ClN5O7P/c17-16-20-13(19-8-3-1-2-4-8)10-14(21-16)22(6-18-10)15-12(24)11(23)9(29-15)5-28-7-30(25,26)27/h6,8-9,11-12,15,23-24H,1-5,7H2,(H,19,20,21)(H2,25,26,27)/t9-,11-,12-,15-/m1/s1. The van der Waals surface area contributed by atoms with Crippen molar-refractivity contribution in [2.24, 2.45) is 0 Å². The van der Waals surface area contributed by atoms with E-state index in [1.807, 2.05) is 0 Å². The van der Waals surface area contributed by atoms with Crippen LogP contribution in [0.2, 0.25) is 5.28 Å². The van der Waals surface area contributed by atoms with Crippen LogP contribution >= 0.6 is 19.2 Å². The fourth-order valence-electron chi connectivity index (χ4n) is 3.82. The maximum atomic E-state index is 10.9. The van der Waals surface area contributed by atoms with Crippen molar-refractivity contribution in [2.45, 2.75) is 56.3 Å². The zero-order chi connectivity index (χ0) is 21.5. The summed E-state index contributed by atoms with van der Waals surface area (Å²) in [6, 6.07) is 0.273. The number of aliphatic hydroxyl groups excluding tert-OH is 2. The maximum absolute atomic E-state index is 10.9. The molecule has 1 aliphatic carbocycles. The van der Waals surface area contributed by atoms with Crippen LogP contribution in [0.15, 0.2) is 6.33 Å². The van der Waals surface area contributed by atoms with E-state index in [0.717, 1.165) is 25.7 Å². The highest BCUT2D eigenvalue weighted by molar-refractivity contribution is 7.51. The number of hydrogen-bond acceptors (Lipinski definition) is 9. The molecule has 2 aromatic heterocycles. The van der Waals surface area contributed by atoms with Crippen LogP contribution in [0.3, 0.4) is 0 Å². The zero-order valence-corrected chi connectivity index (χ0v) is 17.5. The molecule has 2 aromatic rings. The van der Waals surface area contributed by atoms with Gasteiger partial charge in [-0.3, -0.25) is 9.13 Å². The highest BCUT2D eigenvalue weighted by atomic mass is 35.5. The Morgan fingerprint density at radius 1 is 1.27 bits per heavy atom. The summed E-state index contributed by atoms with van der Waals surface area (Å²) in [4.78, 5) is 30.5. The molecule has 166 valence electrons. The number of aromatic nitrogens is 4. The molecule has 0 bridgehead atoms. The number of rotatable bonds is 7. The SMILES string of the molecule is O=P(O)(O)COC[C@H]1O[C@@H](n2cnc3c(NC4CCCC4)nc(Cl)nc32)[C@H](O)[C@@H]1O. The molecule has 4 rings (SSSR count). The van der Waals surface area contributed by atoms with E-state index in [0.29, 0.717) is 17.0 Å². The quantitative estimate of drug-likeness (QED) is 0.287. The first kappa shape index (κ1) is 21.8. The van der Waals surface area contributed by atoms with Gasteiger partial charge in [0.2, 0.25) is 5.28 Å². The molecular weight excluding hydrogens is 441 g/mol. The molecule has 4 atom stereocenters. The lowest BCUT2D eigenvalue weighted by Gasteiger charge is -2.17. The largest absolute Gasteiger partial charge is 0.387 e. The van der Waals surface area contributed by atoms with Gasteiger partial charge < -0.3 is 34.8 Å². The van der Waals surface area contributed by atoms with E-state index in [-0.39, 0.29) is 17.9 Å². The van der Waals surface area contributed by atoms with Crippen LogP contribution in [-0.4, -0.2) is 76.8 Å². The summed E-state index contributed by atoms with van der Waals surface area (Å²) >= 11 is 6.10. The van der Waals surface area contributed by atoms with Crippen molar-refractivity contribution in [1.29, 1.82) is 0 Å². The molecule has 0 amide bonds. The fraction of sp³-hybridized carbons (Fsp3) is 0.688. The van der Waals surface area contributed by atoms with Gasteiger partial charge in [0, 0.05) is 6.04 Å². The molecule has 2 aliphatic rings. The Morgan fingerprint density at radius 2 is 2.00 bits per heavy atom. The van der Waals surface area contributed by atoms with Crippen molar-refractivity contribution < 1.29 is 34.0 Å². The first-order valence-electron chi connectivity index (χ1n) is 9.53. The Hall–Kier alpha value is -1.37. The topological polar surface area (TPSA) is 172 Å². The van der Waals surface area contributed by atoms with E-state index in [4.69, 9.17) is 30.9 Å². The lowest BCUT2D eigenvalue weighted by molar-refractivity contribution is -0.0612. The highest BCUT2D eigenvalue weighted by Crippen LogP contribution is 2.36. The normalized spacial score (nSPS) is 27.9. The highest BCUT2D eigenvalue weighted by Gasteiger charge is 2.44. The number of hydrogen-bond donors (Lipinski definition) is 5. The van der Waals surface area contributed by atoms with Crippen molar-refractivity contribution in [3.63, 3.8) is 0 Å². The number of ether oxygens (including phenoxy) is 2. The van der Waals surface area contributed by atoms with Gasteiger partial charge in [-0.15, -0.1) is 0 Å². The summed E-state index contributed by atoms with van der Waals surface area (Å²) < 4.78 is 23.0. The van der Waals surface area contributed by atoms with Crippen molar-refractivity contribution >= 4 is 36.2 Å². The number of imidazole rings is 1. The Morgan fingerprint density at radius 3 is 2.70 bits per heavy atom. The van der Waals surface area contributed by atoms with E-state index < -0.39 is 38.5 Å². The van der Waals surface area contributed by atoms with E-state index in [1.165, 1.54) is 10.9 Å². The van der Waals surface area contributed by atoms with E-state index >= 15 is 0 Å². The molecule has 0 unspecified atom stereocenters. The summed E-state index contributed by atoms with van der Waals surface area (Å²) in [5, 5.41) is 24.1. The van der Waals surface area contributed by atoms with E-state index in [1.54, 1.807) is 0 Å². The lowest BCUT2D eigenvalue weighted by atomic mass is 10.1. The molecule has 1 saturated carbocycles. The number of halogens is 1. The third kappa shape index (κ3) is 4.61. The summed E-state index contributed by atoms with van der Waals surface area (Å²) in [6.45, 7) is -0.309. The van der Waals surface area contributed by atoms with Gasteiger partial charge in [0.1, 0.15) is 24.7 Å². The van der Waals surface area contributed by atoms with Gasteiger partial charge in [-0.05, 0) is 24.4 Å². The summed E-state index contributed by atoms with van der Waals surface area (Å²) in [5.41, 5.74) is 0.779. The van der Waals surface area contributed by atoms with Crippen LogP contribution in [0.1, 0.15) is 31.9 Å². The molecule has 12 nitrogen and oxygen atoms in total. The minimum absolute atomic E-state index is 0.000639. The smallest absolute Gasteiger partial charge is 0.350 e. The minimum atomic E-state index is -4.35. The van der Waals surface area contributed by atoms with E-state index in [9.17, 15) is 14.8 Å². The van der Waals surface area contributed by atoms with Gasteiger partial charge in [0.05, 0.1) is 12.9 Å². The van der Waals surface area contributed by atoms with E-state index in [2.05, 4.69) is 20.3 Å². The second-order valence-corrected chi connectivity index (χ2v) is 9.43. The molecular formula is C16H23ClN5O7P.